The fraction of sp³-hybridized carbons (Fsp3) is 0.667. The molecule has 27 heavy (non-hydrogen) atoms. The number of anilines is 1. The third kappa shape index (κ3) is 5.28. The van der Waals surface area contributed by atoms with Gasteiger partial charge in [-0.1, -0.05) is 24.6 Å². The highest BCUT2D eigenvalue weighted by molar-refractivity contribution is 5.41. The third-order valence-corrected chi connectivity index (χ3v) is 5.37. The first-order valence-corrected chi connectivity index (χ1v) is 10.3. The number of hydrogen-bond donors (Lipinski definition) is 0. The molecule has 0 aliphatic carbocycles. The summed E-state index contributed by atoms with van der Waals surface area (Å²) in [4.78, 5) is 14.0. The molecule has 6 heteroatoms. The quantitative estimate of drug-likeness (QED) is 0.658. The van der Waals surface area contributed by atoms with Crippen molar-refractivity contribution in [3.05, 3.63) is 35.6 Å². The van der Waals surface area contributed by atoms with Gasteiger partial charge in [-0.3, -0.25) is 4.90 Å². The Bertz CT molecular complexity index is 697. The second-order valence-corrected chi connectivity index (χ2v) is 7.92. The smallest absolute Gasteiger partial charge is 0.240 e. The van der Waals surface area contributed by atoms with Crippen LogP contribution in [0.1, 0.15) is 70.7 Å². The van der Waals surface area contributed by atoms with E-state index in [0.717, 1.165) is 44.0 Å². The van der Waals surface area contributed by atoms with Crippen molar-refractivity contribution in [2.45, 2.75) is 85.0 Å². The monoisotopic (exact) mass is 371 g/mol. The zero-order chi connectivity index (χ0) is 19.2. The van der Waals surface area contributed by atoms with E-state index in [9.17, 15) is 0 Å². The highest BCUT2D eigenvalue weighted by Gasteiger charge is 2.21. The lowest BCUT2D eigenvalue weighted by molar-refractivity contribution is 0.176. The average Bonchev–Trinajstić information content (AvgIpc) is 3.29. The minimum absolute atomic E-state index is 0.384. The van der Waals surface area contributed by atoms with Gasteiger partial charge >= 0.3 is 0 Å². The van der Waals surface area contributed by atoms with Crippen molar-refractivity contribution in [1.29, 1.82) is 0 Å². The molecule has 0 spiro atoms. The van der Waals surface area contributed by atoms with Crippen molar-refractivity contribution < 1.29 is 4.52 Å². The highest BCUT2D eigenvalue weighted by atomic mass is 16.5. The van der Waals surface area contributed by atoms with E-state index in [2.05, 4.69) is 59.8 Å². The molecule has 1 saturated heterocycles. The third-order valence-electron chi connectivity index (χ3n) is 5.37. The van der Waals surface area contributed by atoms with Crippen LogP contribution >= 0.6 is 0 Å². The minimum atomic E-state index is 0.384. The zero-order valence-electron chi connectivity index (χ0n) is 17.2. The highest BCUT2D eigenvalue weighted by Crippen LogP contribution is 2.23. The SMILES string of the molecule is CCCCc1noc(CN(Cc2ccc(N3CCCC3C)nc2)C(C)C)n1. The van der Waals surface area contributed by atoms with Gasteiger partial charge in [-0.05, 0) is 51.7 Å². The molecule has 0 amide bonds. The normalized spacial score (nSPS) is 17.4. The predicted molar refractivity (Wildman–Crippen MR) is 108 cm³/mol. The first kappa shape index (κ1) is 19.8. The minimum Gasteiger partial charge on any atom is -0.354 e. The van der Waals surface area contributed by atoms with Crippen molar-refractivity contribution in [3.8, 4) is 0 Å². The Labute approximate surface area is 163 Å². The maximum absolute atomic E-state index is 5.45. The summed E-state index contributed by atoms with van der Waals surface area (Å²) in [5, 5.41) is 4.11. The molecule has 1 fully saturated rings. The van der Waals surface area contributed by atoms with Gasteiger partial charge in [0, 0.05) is 37.8 Å². The molecule has 1 aliphatic heterocycles. The Kier molecular flexibility index (Phi) is 6.83. The van der Waals surface area contributed by atoms with Gasteiger partial charge in [0.25, 0.3) is 0 Å². The summed E-state index contributed by atoms with van der Waals surface area (Å²) in [6.45, 7) is 11.5. The van der Waals surface area contributed by atoms with E-state index in [-0.39, 0.29) is 0 Å². The first-order valence-electron chi connectivity index (χ1n) is 10.3. The number of nitrogens with zero attached hydrogens (tertiary/aromatic N) is 5. The number of unbranched alkanes of at least 4 members (excludes halogenated alkanes) is 1. The van der Waals surface area contributed by atoms with E-state index in [0.29, 0.717) is 24.5 Å². The molecular formula is C21H33N5O. The summed E-state index contributed by atoms with van der Waals surface area (Å²) in [6.07, 6.45) is 7.66. The average molecular weight is 372 g/mol. The van der Waals surface area contributed by atoms with Crippen LogP contribution in [-0.2, 0) is 19.5 Å². The summed E-state index contributed by atoms with van der Waals surface area (Å²) in [5.74, 6) is 2.61. The molecule has 0 bridgehead atoms. The van der Waals surface area contributed by atoms with Crippen LogP contribution < -0.4 is 4.90 Å². The molecule has 3 heterocycles. The summed E-state index contributed by atoms with van der Waals surface area (Å²) in [6, 6.07) is 5.33. The van der Waals surface area contributed by atoms with Crippen LogP contribution in [0.15, 0.2) is 22.9 Å². The Morgan fingerprint density at radius 1 is 1.30 bits per heavy atom. The molecule has 0 radical (unpaired) electrons. The van der Waals surface area contributed by atoms with E-state index in [1.54, 1.807) is 0 Å². The fourth-order valence-electron chi connectivity index (χ4n) is 3.57. The molecule has 2 aromatic heterocycles. The molecule has 1 atom stereocenters. The summed E-state index contributed by atoms with van der Waals surface area (Å²) >= 11 is 0. The lowest BCUT2D eigenvalue weighted by atomic mass is 10.2. The second kappa shape index (κ2) is 9.31. The van der Waals surface area contributed by atoms with Crippen LogP contribution in [0.4, 0.5) is 5.82 Å². The number of pyridine rings is 1. The first-order chi connectivity index (χ1) is 13.1. The molecule has 148 valence electrons. The van der Waals surface area contributed by atoms with E-state index in [1.165, 1.54) is 18.4 Å². The number of aryl methyl sites for hydroxylation is 1. The Morgan fingerprint density at radius 3 is 2.78 bits per heavy atom. The van der Waals surface area contributed by atoms with E-state index in [4.69, 9.17) is 9.51 Å². The van der Waals surface area contributed by atoms with Gasteiger partial charge in [0.05, 0.1) is 6.54 Å². The maximum atomic E-state index is 5.45. The predicted octanol–water partition coefficient (Wildman–Crippen LogP) is 4.21. The van der Waals surface area contributed by atoms with Gasteiger partial charge in [0.1, 0.15) is 5.82 Å². The Morgan fingerprint density at radius 2 is 2.15 bits per heavy atom. The summed E-state index contributed by atoms with van der Waals surface area (Å²) in [7, 11) is 0. The van der Waals surface area contributed by atoms with Crippen LogP contribution in [0.25, 0.3) is 0 Å². The van der Waals surface area contributed by atoms with Gasteiger partial charge in [0.15, 0.2) is 5.82 Å². The Balaban J connectivity index is 1.61. The summed E-state index contributed by atoms with van der Waals surface area (Å²) < 4.78 is 5.45. The standard InChI is InChI=1S/C21H33N5O/c1-5-6-9-19-23-21(27-24-19)15-25(16(2)3)14-18-10-11-20(22-13-18)26-12-7-8-17(26)4/h10-11,13,16-17H,5-9,12,14-15H2,1-4H3. The zero-order valence-corrected chi connectivity index (χ0v) is 17.2. The molecule has 2 aromatic rings. The van der Waals surface area contributed by atoms with E-state index in [1.807, 2.05) is 6.20 Å². The molecule has 1 unspecified atom stereocenters. The molecular weight excluding hydrogens is 338 g/mol. The lowest BCUT2D eigenvalue weighted by Crippen LogP contribution is -2.30. The van der Waals surface area contributed by atoms with Crippen LogP contribution in [-0.4, -0.2) is 38.7 Å². The topological polar surface area (TPSA) is 58.3 Å². The van der Waals surface area contributed by atoms with Gasteiger partial charge in [-0.15, -0.1) is 0 Å². The van der Waals surface area contributed by atoms with Crippen molar-refractivity contribution in [3.63, 3.8) is 0 Å². The molecule has 6 nitrogen and oxygen atoms in total. The van der Waals surface area contributed by atoms with E-state index < -0.39 is 0 Å². The molecule has 0 saturated carbocycles. The largest absolute Gasteiger partial charge is 0.354 e. The van der Waals surface area contributed by atoms with Gasteiger partial charge in [-0.25, -0.2) is 4.98 Å². The van der Waals surface area contributed by atoms with Crippen LogP contribution in [0.2, 0.25) is 0 Å². The van der Waals surface area contributed by atoms with Gasteiger partial charge in [0.2, 0.25) is 5.89 Å². The number of hydrogen-bond acceptors (Lipinski definition) is 6. The molecule has 1 aliphatic rings. The van der Waals surface area contributed by atoms with Gasteiger partial charge < -0.3 is 9.42 Å². The second-order valence-electron chi connectivity index (χ2n) is 7.92. The molecule has 0 N–H and O–H groups in total. The van der Waals surface area contributed by atoms with Crippen LogP contribution in [0.3, 0.4) is 0 Å². The van der Waals surface area contributed by atoms with Crippen molar-refractivity contribution in [2.24, 2.45) is 0 Å². The molecule has 3 rings (SSSR count). The maximum Gasteiger partial charge on any atom is 0.240 e. The van der Waals surface area contributed by atoms with Crippen molar-refractivity contribution >= 4 is 5.82 Å². The lowest BCUT2D eigenvalue weighted by Gasteiger charge is -2.25. The van der Waals surface area contributed by atoms with Gasteiger partial charge in [-0.2, -0.15) is 4.98 Å². The van der Waals surface area contributed by atoms with Crippen molar-refractivity contribution in [1.82, 2.24) is 20.0 Å². The Hall–Kier alpha value is -1.95. The molecule has 0 aromatic carbocycles. The van der Waals surface area contributed by atoms with Crippen LogP contribution in [0, 0.1) is 0 Å². The van der Waals surface area contributed by atoms with E-state index >= 15 is 0 Å². The number of rotatable bonds is 9. The van der Waals surface area contributed by atoms with Crippen molar-refractivity contribution in [2.75, 3.05) is 11.4 Å². The number of aromatic nitrogens is 3. The fourth-order valence-corrected chi connectivity index (χ4v) is 3.57. The summed E-state index contributed by atoms with van der Waals surface area (Å²) in [5.41, 5.74) is 1.21. The van der Waals surface area contributed by atoms with Crippen LogP contribution in [0.5, 0.6) is 0 Å².